The fourth-order valence-corrected chi connectivity index (χ4v) is 2.07. The average molecular weight is 291 g/mol. The number of aromatic nitrogens is 2. The van der Waals surface area contributed by atoms with Gasteiger partial charge in [0.2, 0.25) is 5.88 Å². The zero-order chi connectivity index (χ0) is 15.6. The van der Waals surface area contributed by atoms with Gasteiger partial charge in [-0.05, 0) is 25.5 Å². The van der Waals surface area contributed by atoms with E-state index >= 15 is 0 Å². The Morgan fingerprint density at radius 3 is 2.95 bits per heavy atom. The molecule has 0 aliphatic rings. The second kappa shape index (κ2) is 5.92. The van der Waals surface area contributed by atoms with Gasteiger partial charge in [0.25, 0.3) is 11.5 Å². The van der Waals surface area contributed by atoms with Gasteiger partial charge in [-0.2, -0.15) is 4.98 Å². The van der Waals surface area contributed by atoms with Gasteiger partial charge >= 0.3 is 0 Å². The summed E-state index contributed by atoms with van der Waals surface area (Å²) in [4.78, 5) is 28.4. The molecular weight excluding hydrogens is 274 g/mol. The van der Waals surface area contributed by atoms with Gasteiger partial charge in [0.15, 0.2) is 5.56 Å². The number of nitrogens with one attached hydrogen (secondary N) is 1. The summed E-state index contributed by atoms with van der Waals surface area (Å²) in [5, 5.41) is 12.5. The second-order valence-corrected chi connectivity index (χ2v) is 4.83. The minimum absolute atomic E-state index is 0.292. The van der Waals surface area contributed by atoms with Crippen molar-refractivity contribution < 1.29 is 14.6 Å². The van der Waals surface area contributed by atoms with Gasteiger partial charge in [-0.1, -0.05) is 6.07 Å². The Morgan fingerprint density at radius 2 is 2.29 bits per heavy atom. The second-order valence-electron chi connectivity index (χ2n) is 4.83. The van der Waals surface area contributed by atoms with E-state index in [1.807, 2.05) is 0 Å². The van der Waals surface area contributed by atoms with Crippen LogP contribution in [-0.2, 0) is 4.74 Å². The number of ether oxygens (including phenoxy) is 1. The van der Waals surface area contributed by atoms with E-state index in [-0.39, 0.29) is 11.6 Å². The largest absolute Gasteiger partial charge is 0.493 e. The van der Waals surface area contributed by atoms with Crippen molar-refractivity contribution in [3.05, 3.63) is 39.8 Å². The fraction of sp³-hybridized carbons (Fsp3) is 0.357. The number of carbonyl (C=O) groups is 1. The maximum absolute atomic E-state index is 12.4. The van der Waals surface area contributed by atoms with Crippen molar-refractivity contribution in [3.8, 4) is 5.88 Å². The lowest BCUT2D eigenvalue weighted by Crippen LogP contribution is -2.39. The lowest BCUT2D eigenvalue weighted by Gasteiger charge is -2.13. The molecule has 0 aliphatic carbocycles. The molecule has 0 spiro atoms. The highest BCUT2D eigenvalue weighted by Crippen LogP contribution is 2.13. The van der Waals surface area contributed by atoms with Crippen LogP contribution in [0.25, 0.3) is 5.65 Å². The summed E-state index contributed by atoms with van der Waals surface area (Å²) in [5.74, 6) is -1.25. The van der Waals surface area contributed by atoms with Crippen molar-refractivity contribution in [1.82, 2.24) is 14.7 Å². The van der Waals surface area contributed by atoms with Crippen molar-refractivity contribution in [3.63, 3.8) is 0 Å². The number of fused-ring (bicyclic) bond motifs is 1. The van der Waals surface area contributed by atoms with Crippen molar-refractivity contribution in [1.29, 1.82) is 0 Å². The molecule has 21 heavy (non-hydrogen) atoms. The number of nitrogens with zero attached hydrogens (tertiary/aromatic N) is 2. The molecule has 2 aromatic heterocycles. The Bertz CT molecular complexity index is 739. The fourth-order valence-electron chi connectivity index (χ4n) is 2.07. The predicted octanol–water partition coefficient (Wildman–Crippen LogP) is 0.473. The van der Waals surface area contributed by atoms with Gasteiger partial charge in [0.1, 0.15) is 5.65 Å². The maximum Gasteiger partial charge on any atom is 0.274 e. The molecule has 0 saturated carbocycles. The molecule has 2 rings (SSSR count). The van der Waals surface area contributed by atoms with Crippen LogP contribution in [0.3, 0.4) is 0 Å². The van der Waals surface area contributed by atoms with Crippen LogP contribution in [0.15, 0.2) is 23.1 Å². The number of rotatable bonds is 4. The molecule has 0 aromatic carbocycles. The van der Waals surface area contributed by atoms with Crippen molar-refractivity contribution in [2.75, 3.05) is 13.7 Å². The highest BCUT2D eigenvalue weighted by molar-refractivity contribution is 5.96. The summed E-state index contributed by atoms with van der Waals surface area (Å²) >= 11 is 0. The molecule has 2 aromatic rings. The SMILES string of the molecule is COC[C@@H](C)NC(=O)c1c(O)nc2c(C)cccn2c1=O. The molecular formula is C14H17N3O4. The molecule has 2 heterocycles. The van der Waals surface area contributed by atoms with E-state index in [0.29, 0.717) is 12.3 Å². The number of methoxy groups -OCH3 is 1. The minimum atomic E-state index is -0.676. The van der Waals surface area contributed by atoms with E-state index in [0.717, 1.165) is 5.56 Å². The highest BCUT2D eigenvalue weighted by atomic mass is 16.5. The van der Waals surface area contributed by atoms with E-state index in [1.54, 1.807) is 26.0 Å². The number of pyridine rings is 1. The van der Waals surface area contributed by atoms with Gasteiger partial charge < -0.3 is 15.2 Å². The lowest BCUT2D eigenvalue weighted by atomic mass is 10.2. The average Bonchev–Trinajstić information content (AvgIpc) is 2.40. The molecule has 7 heteroatoms. The molecule has 112 valence electrons. The first-order chi connectivity index (χ1) is 9.95. The van der Waals surface area contributed by atoms with E-state index in [2.05, 4.69) is 10.3 Å². The Hall–Kier alpha value is -2.41. The third-order valence-electron chi connectivity index (χ3n) is 3.05. The van der Waals surface area contributed by atoms with Crippen LogP contribution in [0.4, 0.5) is 0 Å². The predicted molar refractivity (Wildman–Crippen MR) is 76.7 cm³/mol. The Balaban J connectivity index is 2.50. The standard InChI is InChI=1S/C14H17N3O4/c1-8-5-4-6-17-11(8)16-13(19)10(14(17)20)12(18)15-9(2)7-21-3/h4-6,9,19H,7H2,1-3H3,(H,15,18)/t9-/m1/s1. The Kier molecular flexibility index (Phi) is 4.23. The number of aromatic hydroxyl groups is 1. The van der Waals surface area contributed by atoms with Crippen LogP contribution in [0.2, 0.25) is 0 Å². The molecule has 0 saturated heterocycles. The van der Waals surface area contributed by atoms with E-state index < -0.39 is 17.3 Å². The van der Waals surface area contributed by atoms with Crippen LogP contribution in [0, 0.1) is 6.92 Å². The van der Waals surface area contributed by atoms with Gasteiger partial charge in [0, 0.05) is 19.3 Å². The first-order valence-electron chi connectivity index (χ1n) is 6.46. The van der Waals surface area contributed by atoms with Gasteiger partial charge in [-0.25, -0.2) is 0 Å². The molecule has 7 nitrogen and oxygen atoms in total. The Morgan fingerprint density at radius 1 is 1.57 bits per heavy atom. The topological polar surface area (TPSA) is 92.9 Å². The monoisotopic (exact) mass is 291 g/mol. The lowest BCUT2D eigenvalue weighted by molar-refractivity contribution is 0.0900. The third kappa shape index (κ3) is 2.87. The molecule has 0 bridgehead atoms. The van der Waals surface area contributed by atoms with Crippen LogP contribution in [-0.4, -0.2) is 40.2 Å². The maximum atomic E-state index is 12.4. The van der Waals surface area contributed by atoms with Gasteiger partial charge in [-0.15, -0.1) is 0 Å². The normalized spacial score (nSPS) is 12.3. The van der Waals surface area contributed by atoms with Crippen LogP contribution < -0.4 is 10.9 Å². The summed E-state index contributed by atoms with van der Waals surface area (Å²) in [7, 11) is 1.51. The van der Waals surface area contributed by atoms with Crippen LogP contribution >= 0.6 is 0 Å². The summed E-state index contributed by atoms with van der Waals surface area (Å²) in [6, 6.07) is 3.15. The number of aryl methyl sites for hydroxylation is 1. The van der Waals surface area contributed by atoms with E-state index in [4.69, 9.17) is 4.74 Å². The van der Waals surface area contributed by atoms with Crippen LogP contribution in [0.1, 0.15) is 22.8 Å². The number of hydrogen-bond acceptors (Lipinski definition) is 5. The molecule has 0 fully saturated rings. The van der Waals surface area contributed by atoms with E-state index in [1.165, 1.54) is 17.7 Å². The summed E-state index contributed by atoms with van der Waals surface area (Å²) in [6.07, 6.45) is 1.51. The first kappa shape index (κ1) is 15.0. The molecule has 0 unspecified atom stereocenters. The molecule has 0 radical (unpaired) electrons. The van der Waals surface area contributed by atoms with Gasteiger partial charge in [0.05, 0.1) is 6.61 Å². The minimum Gasteiger partial charge on any atom is -0.493 e. The third-order valence-corrected chi connectivity index (χ3v) is 3.05. The smallest absolute Gasteiger partial charge is 0.274 e. The number of amides is 1. The quantitative estimate of drug-likeness (QED) is 0.854. The molecule has 1 amide bonds. The molecule has 0 aliphatic heterocycles. The number of carbonyl (C=O) groups excluding carboxylic acids is 1. The zero-order valence-electron chi connectivity index (χ0n) is 12.1. The summed E-state index contributed by atoms with van der Waals surface area (Å²) in [5.41, 5.74) is 0.0652. The highest BCUT2D eigenvalue weighted by Gasteiger charge is 2.21. The number of hydrogen-bond donors (Lipinski definition) is 2. The van der Waals surface area contributed by atoms with Crippen LogP contribution in [0.5, 0.6) is 5.88 Å². The van der Waals surface area contributed by atoms with Crippen molar-refractivity contribution in [2.24, 2.45) is 0 Å². The van der Waals surface area contributed by atoms with Gasteiger partial charge in [-0.3, -0.25) is 14.0 Å². The molecule has 1 atom stereocenters. The molecule has 2 N–H and O–H groups in total. The Labute approximate surface area is 121 Å². The zero-order valence-corrected chi connectivity index (χ0v) is 12.1. The van der Waals surface area contributed by atoms with Crippen molar-refractivity contribution >= 4 is 11.6 Å². The summed E-state index contributed by atoms with van der Waals surface area (Å²) < 4.78 is 6.15. The first-order valence-corrected chi connectivity index (χ1v) is 6.46. The van der Waals surface area contributed by atoms with Crippen molar-refractivity contribution in [2.45, 2.75) is 19.9 Å². The summed E-state index contributed by atoms with van der Waals surface area (Å²) in [6.45, 7) is 3.80. The van der Waals surface area contributed by atoms with E-state index in [9.17, 15) is 14.7 Å².